The van der Waals surface area contributed by atoms with E-state index in [1.54, 1.807) is 18.5 Å². The zero-order valence-corrected chi connectivity index (χ0v) is 15.0. The Morgan fingerprint density at radius 3 is 2.58 bits per heavy atom. The second kappa shape index (κ2) is 8.40. The molecule has 0 radical (unpaired) electrons. The Hall–Kier alpha value is -2.99. The van der Waals surface area contributed by atoms with Crippen molar-refractivity contribution < 1.29 is 4.79 Å². The molecular weight excluding hydrogens is 326 g/mol. The van der Waals surface area contributed by atoms with Crippen LogP contribution in [0.2, 0.25) is 0 Å². The highest BCUT2D eigenvalue weighted by atomic mass is 16.2. The van der Waals surface area contributed by atoms with Gasteiger partial charge >= 0.3 is 0 Å². The first-order valence-corrected chi connectivity index (χ1v) is 8.60. The first-order valence-electron chi connectivity index (χ1n) is 8.60. The second-order valence-electron chi connectivity index (χ2n) is 6.43. The standard InChI is InChI=1S/C20H23N5O/c1-25(2)13-10-17(15-6-4-3-5-7-15)22-20(26)19-14-18(23-24-19)16-8-11-21-12-9-16/h3-9,11-12,14,17H,10,13H2,1-2H3,(H,22,26)(H,23,24)/t17-/m0/s1. The Kier molecular flexibility index (Phi) is 5.76. The molecule has 1 atom stereocenters. The zero-order chi connectivity index (χ0) is 18.4. The third-order valence-corrected chi connectivity index (χ3v) is 4.17. The van der Waals surface area contributed by atoms with Crippen molar-refractivity contribution in [3.63, 3.8) is 0 Å². The van der Waals surface area contributed by atoms with E-state index in [9.17, 15) is 4.79 Å². The number of nitrogens with one attached hydrogen (secondary N) is 2. The largest absolute Gasteiger partial charge is 0.344 e. The molecule has 2 heterocycles. The Balaban J connectivity index is 1.74. The number of benzene rings is 1. The topological polar surface area (TPSA) is 73.9 Å². The maximum atomic E-state index is 12.7. The van der Waals surface area contributed by atoms with Crippen molar-refractivity contribution in [2.45, 2.75) is 12.5 Å². The molecule has 2 aromatic heterocycles. The fraction of sp³-hybridized carbons (Fsp3) is 0.250. The smallest absolute Gasteiger partial charge is 0.269 e. The van der Waals surface area contributed by atoms with Crippen LogP contribution in [0.3, 0.4) is 0 Å². The lowest BCUT2D eigenvalue weighted by Crippen LogP contribution is -2.31. The second-order valence-corrected chi connectivity index (χ2v) is 6.43. The van der Waals surface area contributed by atoms with Gasteiger partial charge in [0.2, 0.25) is 0 Å². The number of hydrogen-bond acceptors (Lipinski definition) is 4. The van der Waals surface area contributed by atoms with Gasteiger partial charge in [-0.3, -0.25) is 14.9 Å². The number of rotatable bonds is 7. The molecule has 1 amide bonds. The molecule has 0 saturated heterocycles. The number of carbonyl (C=O) groups is 1. The summed E-state index contributed by atoms with van der Waals surface area (Å²) in [6.45, 7) is 0.880. The lowest BCUT2D eigenvalue weighted by atomic mass is 10.0. The summed E-state index contributed by atoms with van der Waals surface area (Å²) >= 11 is 0. The van der Waals surface area contributed by atoms with Crippen LogP contribution in [0.25, 0.3) is 11.3 Å². The summed E-state index contributed by atoms with van der Waals surface area (Å²) in [4.78, 5) is 18.8. The quantitative estimate of drug-likeness (QED) is 0.688. The van der Waals surface area contributed by atoms with E-state index in [-0.39, 0.29) is 11.9 Å². The fourth-order valence-corrected chi connectivity index (χ4v) is 2.74. The minimum Gasteiger partial charge on any atom is -0.344 e. The maximum Gasteiger partial charge on any atom is 0.269 e. The van der Waals surface area contributed by atoms with E-state index in [4.69, 9.17) is 0 Å². The first-order chi connectivity index (χ1) is 12.6. The summed E-state index contributed by atoms with van der Waals surface area (Å²) in [6, 6.07) is 15.5. The summed E-state index contributed by atoms with van der Waals surface area (Å²) in [5.74, 6) is -0.162. The van der Waals surface area contributed by atoms with Crippen LogP contribution < -0.4 is 5.32 Å². The highest BCUT2D eigenvalue weighted by Crippen LogP contribution is 2.19. The lowest BCUT2D eigenvalue weighted by molar-refractivity contribution is 0.0927. The average Bonchev–Trinajstić information content (AvgIpc) is 3.16. The predicted octanol–water partition coefficient (Wildman–Crippen LogP) is 2.89. The summed E-state index contributed by atoms with van der Waals surface area (Å²) < 4.78 is 0. The summed E-state index contributed by atoms with van der Waals surface area (Å²) in [7, 11) is 4.06. The van der Waals surface area contributed by atoms with Crippen molar-refractivity contribution >= 4 is 5.91 Å². The van der Waals surface area contributed by atoms with Gasteiger partial charge in [0.05, 0.1) is 11.7 Å². The molecule has 0 aliphatic heterocycles. The molecule has 0 unspecified atom stereocenters. The molecule has 1 aromatic carbocycles. The molecule has 0 aliphatic rings. The van der Waals surface area contributed by atoms with E-state index in [1.165, 1.54) is 0 Å². The van der Waals surface area contributed by atoms with Gasteiger partial charge < -0.3 is 10.2 Å². The van der Waals surface area contributed by atoms with Gasteiger partial charge in [0.1, 0.15) is 5.69 Å². The molecular formula is C20H23N5O. The monoisotopic (exact) mass is 349 g/mol. The third-order valence-electron chi connectivity index (χ3n) is 4.17. The van der Waals surface area contributed by atoms with Gasteiger partial charge in [-0.05, 0) is 50.8 Å². The molecule has 0 aliphatic carbocycles. The maximum absolute atomic E-state index is 12.7. The first kappa shape index (κ1) is 17.8. The number of carbonyl (C=O) groups excluding carboxylic acids is 1. The number of hydrogen-bond donors (Lipinski definition) is 2. The third kappa shape index (κ3) is 4.55. The molecule has 3 aromatic rings. The van der Waals surface area contributed by atoms with Crippen LogP contribution in [0.4, 0.5) is 0 Å². The molecule has 0 bridgehead atoms. The van der Waals surface area contributed by atoms with Crippen LogP contribution in [0.5, 0.6) is 0 Å². The Morgan fingerprint density at radius 2 is 1.88 bits per heavy atom. The fourth-order valence-electron chi connectivity index (χ4n) is 2.74. The number of H-pyrrole nitrogens is 1. The zero-order valence-electron chi connectivity index (χ0n) is 15.0. The van der Waals surface area contributed by atoms with E-state index in [2.05, 4.69) is 25.4 Å². The minimum absolute atomic E-state index is 0.0567. The van der Waals surface area contributed by atoms with E-state index in [1.807, 2.05) is 56.6 Å². The van der Waals surface area contributed by atoms with E-state index in [0.29, 0.717) is 5.69 Å². The van der Waals surface area contributed by atoms with E-state index < -0.39 is 0 Å². The van der Waals surface area contributed by atoms with Crippen molar-refractivity contribution in [1.82, 2.24) is 25.4 Å². The van der Waals surface area contributed by atoms with Crippen LogP contribution in [-0.4, -0.2) is 46.6 Å². The van der Waals surface area contributed by atoms with Gasteiger partial charge in [-0.2, -0.15) is 5.10 Å². The average molecular weight is 349 g/mol. The molecule has 0 spiro atoms. The normalized spacial score (nSPS) is 12.1. The summed E-state index contributed by atoms with van der Waals surface area (Å²) in [6.07, 6.45) is 4.24. The molecule has 0 saturated carbocycles. The Labute approximate surface area is 153 Å². The van der Waals surface area contributed by atoms with Crippen molar-refractivity contribution in [1.29, 1.82) is 0 Å². The number of amides is 1. The Morgan fingerprint density at radius 1 is 1.15 bits per heavy atom. The van der Waals surface area contributed by atoms with Crippen molar-refractivity contribution in [2.75, 3.05) is 20.6 Å². The highest BCUT2D eigenvalue weighted by Gasteiger charge is 2.18. The van der Waals surface area contributed by atoms with Gasteiger partial charge in [-0.1, -0.05) is 30.3 Å². The molecule has 134 valence electrons. The molecule has 3 rings (SSSR count). The van der Waals surface area contributed by atoms with Gasteiger partial charge in [0.15, 0.2) is 0 Å². The van der Waals surface area contributed by atoms with E-state index >= 15 is 0 Å². The van der Waals surface area contributed by atoms with Crippen LogP contribution >= 0.6 is 0 Å². The van der Waals surface area contributed by atoms with Crippen molar-refractivity contribution in [3.05, 3.63) is 72.2 Å². The van der Waals surface area contributed by atoms with Gasteiger partial charge in [0.25, 0.3) is 5.91 Å². The van der Waals surface area contributed by atoms with Gasteiger partial charge in [-0.25, -0.2) is 0 Å². The SMILES string of the molecule is CN(C)CC[C@H](NC(=O)c1cc(-c2ccncc2)n[nH]1)c1ccccc1. The van der Waals surface area contributed by atoms with Crippen molar-refractivity contribution in [2.24, 2.45) is 0 Å². The predicted molar refractivity (Wildman–Crippen MR) is 102 cm³/mol. The molecule has 2 N–H and O–H groups in total. The van der Waals surface area contributed by atoms with Gasteiger partial charge in [-0.15, -0.1) is 0 Å². The summed E-state index contributed by atoms with van der Waals surface area (Å²) in [5, 5.41) is 10.2. The molecule has 6 nitrogen and oxygen atoms in total. The Bertz CT molecular complexity index is 830. The summed E-state index contributed by atoms with van der Waals surface area (Å²) in [5.41, 5.74) is 3.18. The van der Waals surface area contributed by atoms with E-state index in [0.717, 1.165) is 29.8 Å². The van der Waals surface area contributed by atoms with Crippen molar-refractivity contribution in [3.8, 4) is 11.3 Å². The minimum atomic E-state index is -0.162. The van der Waals surface area contributed by atoms with Crippen LogP contribution in [0.15, 0.2) is 60.9 Å². The van der Waals surface area contributed by atoms with Gasteiger partial charge in [0, 0.05) is 18.0 Å². The number of nitrogens with zero attached hydrogens (tertiary/aromatic N) is 3. The van der Waals surface area contributed by atoms with Crippen LogP contribution in [0.1, 0.15) is 28.5 Å². The number of aromatic nitrogens is 3. The number of aromatic amines is 1. The van der Waals surface area contributed by atoms with Crippen LogP contribution in [-0.2, 0) is 0 Å². The molecule has 26 heavy (non-hydrogen) atoms. The molecule has 6 heteroatoms. The molecule has 0 fully saturated rings. The van der Waals surface area contributed by atoms with Crippen LogP contribution in [0, 0.1) is 0 Å². The lowest BCUT2D eigenvalue weighted by Gasteiger charge is -2.21. The number of pyridine rings is 1. The highest BCUT2D eigenvalue weighted by molar-refractivity contribution is 5.93.